The molecule has 0 aromatic heterocycles. The van der Waals surface area contributed by atoms with Crippen molar-refractivity contribution in [1.82, 2.24) is 0 Å². The minimum atomic E-state index is -0.621. The summed E-state index contributed by atoms with van der Waals surface area (Å²) < 4.78 is 0. The van der Waals surface area contributed by atoms with E-state index in [-0.39, 0.29) is 17.2 Å². The first-order chi connectivity index (χ1) is 14.3. The molecule has 6 heteroatoms. The summed E-state index contributed by atoms with van der Waals surface area (Å²) in [5.41, 5.74) is 3.39. The van der Waals surface area contributed by atoms with Crippen LogP contribution in [0.1, 0.15) is 0 Å². The van der Waals surface area contributed by atoms with Crippen molar-refractivity contribution in [3.8, 4) is 67.9 Å². The van der Waals surface area contributed by atoms with Crippen molar-refractivity contribution < 1.29 is 30.6 Å². The second-order valence-corrected chi connectivity index (χ2v) is 6.84. The second-order valence-electron chi connectivity index (χ2n) is 6.84. The smallest absolute Gasteiger partial charge is 0.200 e. The van der Waals surface area contributed by atoms with E-state index in [4.69, 9.17) is 0 Å². The Labute approximate surface area is 171 Å². The van der Waals surface area contributed by atoms with E-state index < -0.39 is 17.2 Å². The molecule has 6 N–H and O–H groups in total. The van der Waals surface area contributed by atoms with Crippen molar-refractivity contribution in [2.75, 3.05) is 0 Å². The zero-order chi connectivity index (χ0) is 21.4. The fourth-order valence-corrected chi connectivity index (χ4v) is 3.38. The van der Waals surface area contributed by atoms with Crippen LogP contribution >= 0.6 is 0 Å². The molecule has 0 unspecified atom stereocenters. The summed E-state index contributed by atoms with van der Waals surface area (Å²) >= 11 is 0. The number of phenolic OH excluding ortho intramolecular Hbond substituents is 6. The Morgan fingerprint density at radius 3 is 1.67 bits per heavy atom. The van der Waals surface area contributed by atoms with Gasteiger partial charge in [-0.1, -0.05) is 24.3 Å². The van der Waals surface area contributed by atoms with Crippen LogP contribution in [0.5, 0.6) is 34.5 Å². The zero-order valence-corrected chi connectivity index (χ0v) is 15.6. The number of hydrogen-bond acceptors (Lipinski definition) is 6. The van der Waals surface area contributed by atoms with E-state index in [0.717, 1.165) is 11.1 Å². The van der Waals surface area contributed by atoms with Gasteiger partial charge < -0.3 is 30.6 Å². The normalized spacial score (nSPS) is 10.8. The molecule has 150 valence electrons. The summed E-state index contributed by atoms with van der Waals surface area (Å²) in [6.45, 7) is 0. The Morgan fingerprint density at radius 1 is 0.367 bits per heavy atom. The molecule has 4 aromatic carbocycles. The van der Waals surface area contributed by atoms with Gasteiger partial charge in [0.15, 0.2) is 11.5 Å². The molecule has 6 nitrogen and oxygen atoms in total. The molecule has 0 aliphatic rings. The summed E-state index contributed by atoms with van der Waals surface area (Å²) in [4.78, 5) is 0. The Hall–Kier alpha value is -4.32. The molecule has 0 aliphatic heterocycles. The number of phenols is 6. The lowest BCUT2D eigenvalue weighted by atomic mass is 9.90. The van der Waals surface area contributed by atoms with Crippen molar-refractivity contribution >= 4 is 0 Å². The van der Waals surface area contributed by atoms with Crippen molar-refractivity contribution in [2.24, 2.45) is 0 Å². The van der Waals surface area contributed by atoms with Gasteiger partial charge in [-0.15, -0.1) is 0 Å². The van der Waals surface area contributed by atoms with Crippen LogP contribution in [-0.2, 0) is 0 Å². The fourth-order valence-electron chi connectivity index (χ4n) is 3.38. The van der Waals surface area contributed by atoms with E-state index in [9.17, 15) is 30.6 Å². The van der Waals surface area contributed by atoms with E-state index >= 15 is 0 Å². The summed E-state index contributed by atoms with van der Waals surface area (Å²) in [5, 5.41) is 59.4. The third-order valence-corrected chi connectivity index (χ3v) is 4.91. The highest BCUT2D eigenvalue weighted by Crippen LogP contribution is 2.45. The third kappa shape index (κ3) is 3.31. The molecule has 4 aromatic rings. The van der Waals surface area contributed by atoms with E-state index in [1.807, 2.05) is 0 Å². The third-order valence-electron chi connectivity index (χ3n) is 4.91. The predicted octanol–water partition coefficient (Wildman–Crippen LogP) is 4.92. The zero-order valence-electron chi connectivity index (χ0n) is 15.6. The molecule has 0 spiro atoms. The molecular formula is C24H18O6. The second kappa shape index (κ2) is 7.25. The number of aromatic hydroxyl groups is 6. The van der Waals surface area contributed by atoms with E-state index in [2.05, 4.69) is 0 Å². The lowest BCUT2D eigenvalue weighted by Crippen LogP contribution is -1.89. The SMILES string of the molecule is Oc1ccc(-c2ccc(-c3ccc(O)c(O)c3O)cc2-c2ccc(O)cc2O)cc1. The molecule has 0 radical (unpaired) electrons. The standard InChI is InChI=1S/C24H18O6/c25-15-4-1-13(2-5-15)17-7-3-14(18-9-10-21(27)24(30)23(18)29)11-20(17)19-8-6-16(26)12-22(19)28/h1-12,25-30H. The molecule has 0 bridgehead atoms. The van der Waals surface area contributed by atoms with Gasteiger partial charge in [0, 0.05) is 17.2 Å². The first kappa shape index (κ1) is 19.0. The Bertz CT molecular complexity index is 1250. The van der Waals surface area contributed by atoms with Crippen LogP contribution in [0.4, 0.5) is 0 Å². The first-order valence-electron chi connectivity index (χ1n) is 9.05. The van der Waals surface area contributed by atoms with Gasteiger partial charge in [0.1, 0.15) is 17.2 Å². The van der Waals surface area contributed by atoms with Gasteiger partial charge in [-0.05, 0) is 64.7 Å². The number of rotatable bonds is 3. The van der Waals surface area contributed by atoms with Crippen molar-refractivity contribution in [3.63, 3.8) is 0 Å². The van der Waals surface area contributed by atoms with Gasteiger partial charge >= 0.3 is 0 Å². The van der Waals surface area contributed by atoms with Gasteiger partial charge in [0.05, 0.1) is 0 Å². The average molecular weight is 402 g/mol. The lowest BCUT2D eigenvalue weighted by molar-refractivity contribution is 0.369. The van der Waals surface area contributed by atoms with Crippen molar-refractivity contribution in [3.05, 3.63) is 72.8 Å². The maximum absolute atomic E-state index is 10.4. The molecule has 0 saturated carbocycles. The van der Waals surface area contributed by atoms with Crippen LogP contribution in [0.15, 0.2) is 72.8 Å². The topological polar surface area (TPSA) is 121 Å². The fraction of sp³-hybridized carbons (Fsp3) is 0. The maximum atomic E-state index is 10.4. The predicted molar refractivity (Wildman–Crippen MR) is 113 cm³/mol. The molecule has 0 saturated heterocycles. The van der Waals surface area contributed by atoms with Gasteiger partial charge in [-0.3, -0.25) is 0 Å². The highest BCUT2D eigenvalue weighted by Gasteiger charge is 2.17. The van der Waals surface area contributed by atoms with E-state index in [1.165, 1.54) is 24.3 Å². The molecule has 0 heterocycles. The summed E-state index contributed by atoms with van der Waals surface area (Å²) in [6, 6.07) is 18.8. The molecule has 4 rings (SSSR count). The molecule has 0 atom stereocenters. The molecule has 30 heavy (non-hydrogen) atoms. The van der Waals surface area contributed by atoms with Gasteiger partial charge in [0.25, 0.3) is 0 Å². The number of hydrogen-bond donors (Lipinski definition) is 6. The Balaban J connectivity index is 1.97. The van der Waals surface area contributed by atoms with Gasteiger partial charge in [-0.2, -0.15) is 0 Å². The van der Waals surface area contributed by atoms with Crippen molar-refractivity contribution in [1.29, 1.82) is 0 Å². The van der Waals surface area contributed by atoms with Crippen LogP contribution in [0.25, 0.3) is 33.4 Å². The van der Waals surface area contributed by atoms with E-state index in [1.54, 1.807) is 48.5 Å². The number of benzene rings is 4. The molecular weight excluding hydrogens is 384 g/mol. The minimum absolute atomic E-state index is 0.0836. The van der Waals surface area contributed by atoms with Crippen LogP contribution in [-0.4, -0.2) is 30.6 Å². The summed E-state index contributed by atoms with van der Waals surface area (Å²) in [5.74, 6) is -1.62. The Kier molecular flexibility index (Phi) is 4.60. The largest absolute Gasteiger partial charge is 0.508 e. The lowest BCUT2D eigenvalue weighted by Gasteiger charge is -2.15. The quantitative estimate of drug-likeness (QED) is 0.271. The molecule has 0 amide bonds. The van der Waals surface area contributed by atoms with E-state index in [0.29, 0.717) is 22.3 Å². The van der Waals surface area contributed by atoms with Crippen LogP contribution in [0.2, 0.25) is 0 Å². The van der Waals surface area contributed by atoms with Crippen molar-refractivity contribution in [2.45, 2.75) is 0 Å². The summed E-state index contributed by atoms with van der Waals surface area (Å²) in [6.07, 6.45) is 0. The maximum Gasteiger partial charge on any atom is 0.200 e. The molecule has 0 fully saturated rings. The average Bonchev–Trinajstić information content (AvgIpc) is 2.73. The van der Waals surface area contributed by atoms with Gasteiger partial charge in [0.2, 0.25) is 5.75 Å². The van der Waals surface area contributed by atoms with Crippen LogP contribution < -0.4 is 0 Å². The highest BCUT2D eigenvalue weighted by molar-refractivity contribution is 5.90. The molecule has 0 aliphatic carbocycles. The van der Waals surface area contributed by atoms with Crippen LogP contribution in [0, 0.1) is 0 Å². The first-order valence-corrected chi connectivity index (χ1v) is 9.05. The Morgan fingerprint density at radius 2 is 0.967 bits per heavy atom. The monoisotopic (exact) mass is 402 g/mol. The summed E-state index contributed by atoms with van der Waals surface area (Å²) in [7, 11) is 0. The van der Waals surface area contributed by atoms with Crippen LogP contribution in [0.3, 0.4) is 0 Å². The van der Waals surface area contributed by atoms with Gasteiger partial charge in [-0.25, -0.2) is 0 Å². The highest BCUT2D eigenvalue weighted by atomic mass is 16.3. The minimum Gasteiger partial charge on any atom is -0.508 e.